The van der Waals surface area contributed by atoms with Gasteiger partial charge in [-0.2, -0.15) is 0 Å². The van der Waals surface area contributed by atoms with Crippen molar-refractivity contribution in [3.8, 4) is 5.88 Å². The molecule has 0 fully saturated rings. The lowest BCUT2D eigenvalue weighted by atomic mass is 10.1. The predicted octanol–water partition coefficient (Wildman–Crippen LogP) is 2.41. The maximum Gasteiger partial charge on any atom is 0.253 e. The summed E-state index contributed by atoms with van der Waals surface area (Å²) in [6.07, 6.45) is 4.45. The summed E-state index contributed by atoms with van der Waals surface area (Å²) in [5.74, 6) is 0.895. The van der Waals surface area contributed by atoms with Crippen LogP contribution >= 0.6 is 0 Å². The van der Waals surface area contributed by atoms with Crippen LogP contribution in [0.15, 0.2) is 22.9 Å². The van der Waals surface area contributed by atoms with Crippen LogP contribution in [0.2, 0.25) is 0 Å². The fourth-order valence-electron chi connectivity index (χ4n) is 2.26. The zero-order valence-electron chi connectivity index (χ0n) is 14.9. The molecule has 7 heteroatoms. The Kier molecular flexibility index (Phi) is 6.94. The van der Waals surface area contributed by atoms with Gasteiger partial charge < -0.3 is 19.7 Å². The Morgan fingerprint density at radius 3 is 2.88 bits per heavy atom. The smallest absolute Gasteiger partial charge is 0.253 e. The number of nitrogens with one attached hydrogen (secondary N) is 1. The van der Waals surface area contributed by atoms with E-state index in [0.717, 1.165) is 36.3 Å². The summed E-state index contributed by atoms with van der Waals surface area (Å²) in [7, 11) is 0. The molecule has 0 bridgehead atoms. The number of aryl methyl sites for hydroxylation is 2. The number of carbonyl (C=O) groups is 1. The summed E-state index contributed by atoms with van der Waals surface area (Å²) >= 11 is 0. The van der Waals surface area contributed by atoms with Crippen molar-refractivity contribution in [1.82, 2.24) is 15.5 Å². The number of rotatable bonds is 9. The third-order valence-electron chi connectivity index (χ3n) is 3.85. The second-order valence-electron chi connectivity index (χ2n) is 6.00. The van der Waals surface area contributed by atoms with Gasteiger partial charge in [-0.3, -0.25) is 4.79 Å². The van der Waals surface area contributed by atoms with Crippen molar-refractivity contribution >= 4 is 5.91 Å². The number of carbonyl (C=O) groups excluding carboxylic acids is 1. The maximum atomic E-state index is 11.9. The first-order valence-corrected chi connectivity index (χ1v) is 8.49. The predicted molar refractivity (Wildman–Crippen MR) is 92.4 cm³/mol. The molecule has 0 spiro atoms. The fourth-order valence-corrected chi connectivity index (χ4v) is 2.26. The Morgan fingerprint density at radius 1 is 1.44 bits per heavy atom. The molecule has 2 aromatic heterocycles. The Bertz CT molecular complexity index is 682. The molecule has 136 valence electrons. The molecule has 2 rings (SSSR count). The van der Waals surface area contributed by atoms with E-state index in [1.54, 1.807) is 19.1 Å². The molecule has 1 amide bonds. The van der Waals surface area contributed by atoms with Gasteiger partial charge in [0.15, 0.2) is 0 Å². The summed E-state index contributed by atoms with van der Waals surface area (Å²) in [6, 6.07) is 2.98. The topological polar surface area (TPSA) is 97.5 Å². The molecular formula is C18H25N3O4. The maximum absolute atomic E-state index is 11.9. The molecule has 2 heterocycles. The van der Waals surface area contributed by atoms with E-state index in [4.69, 9.17) is 14.4 Å². The first-order chi connectivity index (χ1) is 12.0. The molecule has 0 saturated carbocycles. The number of nitrogens with zero attached hydrogens (tertiary/aromatic N) is 2. The van der Waals surface area contributed by atoms with Crippen molar-refractivity contribution in [2.45, 2.75) is 52.7 Å². The van der Waals surface area contributed by atoms with E-state index in [1.807, 2.05) is 6.92 Å². The summed E-state index contributed by atoms with van der Waals surface area (Å²) in [4.78, 5) is 16.1. The molecule has 1 atom stereocenters. The van der Waals surface area contributed by atoms with Crippen LogP contribution in [0.3, 0.4) is 0 Å². The summed E-state index contributed by atoms with van der Waals surface area (Å²) < 4.78 is 11.0. The second-order valence-corrected chi connectivity index (χ2v) is 6.00. The molecule has 0 saturated heterocycles. The van der Waals surface area contributed by atoms with Gasteiger partial charge in [0, 0.05) is 18.3 Å². The van der Waals surface area contributed by atoms with Crippen LogP contribution in [0.4, 0.5) is 0 Å². The average molecular weight is 347 g/mol. The minimum absolute atomic E-state index is 0.112. The molecule has 0 aromatic carbocycles. The number of unbranched alkanes of at least 4 members (excludes halogenated alkanes) is 1. The van der Waals surface area contributed by atoms with Crippen LogP contribution in [0, 0.1) is 6.92 Å². The zero-order valence-corrected chi connectivity index (χ0v) is 14.9. The van der Waals surface area contributed by atoms with Gasteiger partial charge in [0.1, 0.15) is 12.4 Å². The number of ether oxygens (including phenoxy) is 1. The third-order valence-corrected chi connectivity index (χ3v) is 3.85. The Balaban J connectivity index is 1.96. The van der Waals surface area contributed by atoms with Crippen molar-refractivity contribution in [2.75, 3.05) is 6.61 Å². The van der Waals surface area contributed by atoms with E-state index < -0.39 is 0 Å². The number of hydrogen-bond donors (Lipinski definition) is 2. The van der Waals surface area contributed by atoms with Crippen molar-refractivity contribution in [3.05, 3.63) is 40.9 Å². The number of amides is 1. The average Bonchev–Trinajstić information content (AvgIpc) is 2.98. The van der Waals surface area contributed by atoms with Crippen molar-refractivity contribution in [3.63, 3.8) is 0 Å². The number of aromatic nitrogens is 2. The number of aliphatic hydroxyl groups is 1. The molecule has 2 N–H and O–H groups in total. The van der Waals surface area contributed by atoms with E-state index in [0.29, 0.717) is 18.1 Å². The normalized spacial score (nSPS) is 12.0. The van der Waals surface area contributed by atoms with Gasteiger partial charge in [-0.15, -0.1) is 0 Å². The molecule has 2 aromatic rings. The molecule has 0 aliphatic rings. The summed E-state index contributed by atoms with van der Waals surface area (Å²) in [5, 5.41) is 15.7. The molecule has 0 radical (unpaired) electrons. The highest BCUT2D eigenvalue weighted by Crippen LogP contribution is 2.18. The van der Waals surface area contributed by atoms with Crippen molar-refractivity contribution in [2.24, 2.45) is 0 Å². The van der Waals surface area contributed by atoms with Crippen LogP contribution in [-0.4, -0.2) is 33.8 Å². The van der Waals surface area contributed by atoms with E-state index in [9.17, 15) is 4.79 Å². The zero-order chi connectivity index (χ0) is 18.2. The molecule has 7 nitrogen and oxygen atoms in total. The third kappa shape index (κ3) is 5.29. The van der Waals surface area contributed by atoms with Gasteiger partial charge in [0.25, 0.3) is 5.91 Å². The van der Waals surface area contributed by atoms with Gasteiger partial charge in [0.05, 0.1) is 23.4 Å². The SMILES string of the molecule is CCCCc1noc(C)c1COc1ccc(C(=O)N[C@@H](C)CO)cn1. The standard InChI is InChI=1S/C18H25N3O4/c1-4-5-6-16-15(13(3)25-21-16)11-24-17-8-7-14(9-19-17)18(23)20-12(2)10-22/h7-9,12,22H,4-6,10-11H2,1-3H3,(H,20,23)/t12-/m0/s1. The Labute approximate surface area is 147 Å². The van der Waals surface area contributed by atoms with E-state index in [1.165, 1.54) is 6.20 Å². The van der Waals surface area contributed by atoms with Crippen LogP contribution in [0.25, 0.3) is 0 Å². The lowest BCUT2D eigenvalue weighted by Crippen LogP contribution is -2.35. The van der Waals surface area contributed by atoms with Crippen LogP contribution in [0.1, 0.15) is 54.1 Å². The van der Waals surface area contributed by atoms with Crippen LogP contribution in [0.5, 0.6) is 5.88 Å². The number of pyridine rings is 1. The highest BCUT2D eigenvalue weighted by atomic mass is 16.5. The molecule has 0 unspecified atom stereocenters. The molecular weight excluding hydrogens is 322 g/mol. The van der Waals surface area contributed by atoms with Crippen LogP contribution < -0.4 is 10.1 Å². The van der Waals surface area contributed by atoms with E-state index in [2.05, 4.69) is 22.4 Å². The van der Waals surface area contributed by atoms with Gasteiger partial charge in [-0.25, -0.2) is 4.98 Å². The number of aliphatic hydroxyl groups excluding tert-OH is 1. The van der Waals surface area contributed by atoms with Crippen LogP contribution in [-0.2, 0) is 13.0 Å². The van der Waals surface area contributed by atoms with E-state index >= 15 is 0 Å². The van der Waals surface area contributed by atoms with Crippen molar-refractivity contribution < 1.29 is 19.2 Å². The monoisotopic (exact) mass is 347 g/mol. The number of hydrogen-bond acceptors (Lipinski definition) is 6. The molecule has 0 aliphatic heterocycles. The first-order valence-electron chi connectivity index (χ1n) is 8.49. The molecule has 25 heavy (non-hydrogen) atoms. The highest BCUT2D eigenvalue weighted by Gasteiger charge is 2.14. The lowest BCUT2D eigenvalue weighted by molar-refractivity contribution is 0.0922. The van der Waals surface area contributed by atoms with Gasteiger partial charge in [-0.1, -0.05) is 18.5 Å². The van der Waals surface area contributed by atoms with Gasteiger partial charge >= 0.3 is 0 Å². The minimum atomic E-state index is -0.304. The Hall–Kier alpha value is -2.41. The minimum Gasteiger partial charge on any atom is -0.473 e. The van der Waals surface area contributed by atoms with Gasteiger partial charge in [0.2, 0.25) is 5.88 Å². The Morgan fingerprint density at radius 2 is 2.24 bits per heavy atom. The van der Waals surface area contributed by atoms with Gasteiger partial charge in [-0.05, 0) is 32.8 Å². The molecule has 0 aliphatic carbocycles. The highest BCUT2D eigenvalue weighted by molar-refractivity contribution is 5.94. The van der Waals surface area contributed by atoms with Crippen molar-refractivity contribution in [1.29, 1.82) is 0 Å². The second kappa shape index (κ2) is 9.17. The quantitative estimate of drug-likeness (QED) is 0.723. The van der Waals surface area contributed by atoms with E-state index in [-0.39, 0.29) is 18.6 Å². The first kappa shape index (κ1) is 18.9. The largest absolute Gasteiger partial charge is 0.473 e. The lowest BCUT2D eigenvalue weighted by Gasteiger charge is -2.11. The summed E-state index contributed by atoms with van der Waals surface area (Å²) in [5.41, 5.74) is 2.29. The fraction of sp³-hybridized carbons (Fsp3) is 0.500. The summed E-state index contributed by atoms with van der Waals surface area (Å²) in [6.45, 7) is 5.93.